The van der Waals surface area contributed by atoms with Crippen LogP contribution in [0.1, 0.15) is 48.0 Å². The first-order chi connectivity index (χ1) is 16.7. The van der Waals surface area contributed by atoms with Gasteiger partial charge in [-0.15, -0.1) is 18.2 Å². The standard InChI is InChI=1S/C30H47ClO3Si2/c1-11-26(28(31)27(32-8)22-23-33-35(9,10)29(2,3)4)34-36(30(5,6)7,24-18-14-12-15-19-24)25-20-16-13-17-21-25/h11-21,26-28H,1,22-23H2,2-10H3/t26-,27-,28-/m0/s1. The van der Waals surface area contributed by atoms with E-state index in [-0.39, 0.29) is 16.2 Å². The minimum Gasteiger partial charge on any atom is -0.417 e. The molecule has 0 heterocycles. The molecule has 0 amide bonds. The maximum absolute atomic E-state index is 7.25. The molecule has 2 aromatic carbocycles. The Morgan fingerprint density at radius 1 is 0.861 bits per heavy atom. The molecule has 0 fully saturated rings. The number of ether oxygens (including phenoxy) is 1. The van der Waals surface area contributed by atoms with Gasteiger partial charge in [0.25, 0.3) is 8.32 Å². The summed E-state index contributed by atoms with van der Waals surface area (Å²) in [5.41, 5.74) is 0. The van der Waals surface area contributed by atoms with Gasteiger partial charge in [0.05, 0.1) is 17.6 Å². The zero-order valence-electron chi connectivity index (χ0n) is 23.8. The fourth-order valence-corrected chi connectivity index (χ4v) is 10.6. The molecule has 0 bridgehead atoms. The van der Waals surface area contributed by atoms with Crippen molar-refractivity contribution in [3.8, 4) is 0 Å². The lowest BCUT2D eigenvalue weighted by Crippen LogP contribution is -2.68. The van der Waals surface area contributed by atoms with E-state index < -0.39 is 28.1 Å². The van der Waals surface area contributed by atoms with Crippen molar-refractivity contribution in [3.63, 3.8) is 0 Å². The molecule has 0 radical (unpaired) electrons. The second-order valence-electron chi connectivity index (χ2n) is 12.1. The fourth-order valence-electron chi connectivity index (χ4n) is 4.40. The molecular formula is C30H47ClO3Si2. The van der Waals surface area contributed by atoms with Crippen LogP contribution in [0, 0.1) is 0 Å². The molecule has 3 atom stereocenters. The van der Waals surface area contributed by atoms with Crippen LogP contribution in [0.15, 0.2) is 73.3 Å². The molecule has 0 N–H and O–H groups in total. The van der Waals surface area contributed by atoms with Crippen molar-refractivity contribution in [1.29, 1.82) is 0 Å². The van der Waals surface area contributed by atoms with E-state index in [1.807, 2.05) is 6.08 Å². The molecule has 36 heavy (non-hydrogen) atoms. The third-order valence-corrected chi connectivity index (χ3v) is 17.7. The van der Waals surface area contributed by atoms with Gasteiger partial charge >= 0.3 is 0 Å². The summed E-state index contributed by atoms with van der Waals surface area (Å²) in [5.74, 6) is 0. The van der Waals surface area contributed by atoms with Crippen LogP contribution >= 0.6 is 11.6 Å². The summed E-state index contributed by atoms with van der Waals surface area (Å²) in [6.45, 7) is 22.8. The molecule has 0 spiro atoms. The van der Waals surface area contributed by atoms with E-state index in [2.05, 4.69) is 122 Å². The van der Waals surface area contributed by atoms with E-state index in [1.54, 1.807) is 7.11 Å². The van der Waals surface area contributed by atoms with Crippen LogP contribution in [0.2, 0.25) is 23.2 Å². The average molecular weight is 547 g/mol. The molecule has 2 rings (SSSR count). The molecule has 200 valence electrons. The predicted molar refractivity (Wildman–Crippen MR) is 161 cm³/mol. The van der Waals surface area contributed by atoms with Gasteiger partial charge in [0.15, 0.2) is 8.32 Å². The van der Waals surface area contributed by atoms with E-state index in [0.29, 0.717) is 13.0 Å². The summed E-state index contributed by atoms with van der Waals surface area (Å²) in [6, 6.07) is 21.2. The van der Waals surface area contributed by atoms with Gasteiger partial charge in [-0.25, -0.2) is 0 Å². The lowest BCUT2D eigenvalue weighted by atomic mass is 10.1. The third kappa shape index (κ3) is 7.00. The Bertz CT molecular complexity index is 897. The Morgan fingerprint density at radius 2 is 1.33 bits per heavy atom. The van der Waals surface area contributed by atoms with E-state index in [0.717, 1.165) is 0 Å². The highest BCUT2D eigenvalue weighted by Gasteiger charge is 2.52. The molecule has 0 aliphatic heterocycles. The first kappa shape index (κ1) is 31.0. The molecule has 0 unspecified atom stereocenters. The molecule has 6 heteroatoms. The summed E-state index contributed by atoms with van der Waals surface area (Å²) in [6.07, 6.45) is 1.93. The van der Waals surface area contributed by atoms with Gasteiger partial charge in [0, 0.05) is 13.7 Å². The SMILES string of the molecule is C=C[C@H](O[Si](c1ccccc1)(c1ccccc1)C(C)(C)C)[C@H](Cl)[C@H](CCO[Si](C)(C)C(C)(C)C)OC. The maximum Gasteiger partial charge on any atom is 0.261 e. The van der Waals surface area contributed by atoms with Gasteiger partial charge in [-0.05, 0) is 40.0 Å². The minimum absolute atomic E-state index is 0.151. The maximum atomic E-state index is 7.25. The summed E-state index contributed by atoms with van der Waals surface area (Å²) in [5, 5.41) is 2.04. The Hall–Kier alpha value is -1.22. The highest BCUT2D eigenvalue weighted by Crippen LogP contribution is 2.39. The second kappa shape index (κ2) is 12.6. The molecule has 0 saturated heterocycles. The first-order valence-corrected chi connectivity index (χ1v) is 18.2. The first-order valence-electron chi connectivity index (χ1n) is 12.9. The Morgan fingerprint density at radius 3 is 1.69 bits per heavy atom. The minimum atomic E-state index is -2.78. The normalized spacial score (nSPS) is 15.8. The van der Waals surface area contributed by atoms with Crippen molar-refractivity contribution >= 4 is 38.6 Å². The monoisotopic (exact) mass is 546 g/mol. The zero-order chi connectivity index (χ0) is 27.2. The van der Waals surface area contributed by atoms with Crippen molar-refractivity contribution in [2.45, 2.75) is 88.7 Å². The van der Waals surface area contributed by atoms with Gasteiger partial charge in [0.1, 0.15) is 0 Å². The Labute approximate surface area is 227 Å². The lowest BCUT2D eigenvalue weighted by Gasteiger charge is -2.46. The van der Waals surface area contributed by atoms with Crippen LogP contribution < -0.4 is 10.4 Å². The molecule has 0 aliphatic carbocycles. The van der Waals surface area contributed by atoms with E-state index in [9.17, 15) is 0 Å². The topological polar surface area (TPSA) is 27.7 Å². The average Bonchev–Trinajstić information content (AvgIpc) is 2.82. The summed E-state index contributed by atoms with van der Waals surface area (Å²) in [4.78, 5) is 0. The van der Waals surface area contributed by atoms with E-state index in [1.165, 1.54) is 10.4 Å². The lowest BCUT2D eigenvalue weighted by molar-refractivity contribution is 0.0509. The highest BCUT2D eigenvalue weighted by atomic mass is 35.5. The van der Waals surface area contributed by atoms with Gasteiger partial charge in [-0.1, -0.05) is 108 Å². The summed E-state index contributed by atoms with van der Waals surface area (Å²) < 4.78 is 19.6. The number of halogens is 1. The number of benzene rings is 2. The fraction of sp³-hybridized carbons (Fsp3) is 0.533. The largest absolute Gasteiger partial charge is 0.417 e. The zero-order valence-corrected chi connectivity index (χ0v) is 26.6. The van der Waals surface area contributed by atoms with Crippen LogP contribution in [0.25, 0.3) is 0 Å². The van der Waals surface area contributed by atoms with Gasteiger partial charge in [-0.3, -0.25) is 0 Å². The van der Waals surface area contributed by atoms with Gasteiger partial charge in [-0.2, -0.15) is 0 Å². The van der Waals surface area contributed by atoms with Gasteiger partial charge in [0.2, 0.25) is 0 Å². The predicted octanol–water partition coefficient (Wildman–Crippen LogP) is 7.15. The van der Waals surface area contributed by atoms with Crippen LogP contribution in [0.4, 0.5) is 0 Å². The number of methoxy groups -OCH3 is 1. The quantitative estimate of drug-likeness (QED) is 0.161. The van der Waals surface area contributed by atoms with Crippen molar-refractivity contribution in [1.82, 2.24) is 0 Å². The van der Waals surface area contributed by atoms with Crippen molar-refractivity contribution in [2.75, 3.05) is 13.7 Å². The molecule has 3 nitrogen and oxygen atoms in total. The van der Waals surface area contributed by atoms with Crippen LogP contribution in [0.3, 0.4) is 0 Å². The summed E-state index contributed by atoms with van der Waals surface area (Å²) >= 11 is 7.14. The number of rotatable bonds is 12. The molecule has 0 aromatic heterocycles. The van der Waals surface area contributed by atoms with Crippen LogP contribution in [-0.4, -0.2) is 47.9 Å². The Kier molecular flexibility index (Phi) is 10.8. The third-order valence-electron chi connectivity index (χ3n) is 7.61. The number of alkyl halides is 1. The van der Waals surface area contributed by atoms with Crippen molar-refractivity contribution < 1.29 is 13.6 Å². The number of hydrogen-bond acceptors (Lipinski definition) is 3. The highest BCUT2D eigenvalue weighted by molar-refractivity contribution is 6.99. The summed E-state index contributed by atoms with van der Waals surface area (Å²) in [7, 11) is -2.91. The van der Waals surface area contributed by atoms with Crippen LogP contribution in [0.5, 0.6) is 0 Å². The molecular weight excluding hydrogens is 500 g/mol. The second-order valence-corrected chi connectivity index (χ2v) is 21.7. The van der Waals surface area contributed by atoms with Crippen LogP contribution in [-0.2, 0) is 13.6 Å². The number of hydrogen-bond donors (Lipinski definition) is 0. The molecule has 2 aromatic rings. The van der Waals surface area contributed by atoms with Crippen molar-refractivity contribution in [2.24, 2.45) is 0 Å². The van der Waals surface area contributed by atoms with E-state index in [4.69, 9.17) is 25.2 Å². The Balaban J connectivity index is 2.40. The molecule has 0 saturated carbocycles. The van der Waals surface area contributed by atoms with Gasteiger partial charge < -0.3 is 13.6 Å². The van der Waals surface area contributed by atoms with E-state index >= 15 is 0 Å². The molecule has 0 aliphatic rings. The smallest absolute Gasteiger partial charge is 0.261 e. The van der Waals surface area contributed by atoms with Crippen molar-refractivity contribution in [3.05, 3.63) is 73.3 Å².